The predicted octanol–water partition coefficient (Wildman–Crippen LogP) is 0.283. The van der Waals surface area contributed by atoms with Gasteiger partial charge in [0, 0.05) is 5.56 Å². The van der Waals surface area contributed by atoms with E-state index in [1.807, 2.05) is 0 Å². The van der Waals surface area contributed by atoms with Gasteiger partial charge < -0.3 is 5.11 Å². The number of carbonyl (C=O) groups excluding carboxylic acids is 1. The highest BCUT2D eigenvalue weighted by molar-refractivity contribution is 5.83. The molecule has 1 atom stereocenters. The minimum atomic E-state index is -2.80. The number of nitrogens with two attached hydrogens (primary N) is 1. The van der Waals surface area contributed by atoms with Crippen molar-refractivity contribution in [2.24, 2.45) is 5.73 Å². The van der Waals surface area contributed by atoms with Gasteiger partial charge in [-0.1, -0.05) is 12.1 Å². The zero-order chi connectivity index (χ0) is 10.1. The third kappa shape index (κ3) is 1.75. The Hall–Kier alpha value is -1.62. The van der Waals surface area contributed by atoms with Crippen LogP contribution in [0.5, 0.6) is 5.75 Å². The van der Waals surface area contributed by atoms with Gasteiger partial charge in [0.25, 0.3) is 11.7 Å². The smallest absolute Gasteiger partial charge is 0.295 e. The minimum absolute atomic E-state index is 0.0584. The number of alkyl halides is 1. The standard InChI is InChI=1S/C8H8FN2O2/c9-8(11,7(10)13)5-1-3-6(12)4-2-5/h1-4,10,12H,11H2. The van der Waals surface area contributed by atoms with Crippen molar-refractivity contribution in [3.8, 4) is 5.75 Å². The van der Waals surface area contributed by atoms with Gasteiger partial charge in [-0.2, -0.15) is 0 Å². The second-order valence-electron chi connectivity index (χ2n) is 2.59. The fraction of sp³-hybridized carbons (Fsp3) is 0.125. The highest BCUT2D eigenvalue weighted by atomic mass is 19.1. The van der Waals surface area contributed by atoms with Crippen LogP contribution in [0, 0.1) is 0 Å². The maximum absolute atomic E-state index is 13.2. The molecule has 1 aromatic rings. The number of benzene rings is 1. The summed E-state index contributed by atoms with van der Waals surface area (Å²) in [6, 6.07) is 4.70. The molecule has 1 aromatic carbocycles. The molecule has 0 aliphatic rings. The lowest BCUT2D eigenvalue weighted by Crippen LogP contribution is -2.41. The molecule has 0 heterocycles. The lowest BCUT2D eigenvalue weighted by molar-refractivity contribution is -0.130. The van der Waals surface area contributed by atoms with Crippen molar-refractivity contribution in [2.45, 2.75) is 5.79 Å². The topological polar surface area (TPSA) is 87.1 Å². The van der Waals surface area contributed by atoms with Crippen LogP contribution in [0.1, 0.15) is 5.56 Å². The lowest BCUT2D eigenvalue weighted by atomic mass is 10.1. The number of phenols is 1. The van der Waals surface area contributed by atoms with Crippen LogP contribution in [0.25, 0.3) is 0 Å². The van der Waals surface area contributed by atoms with Crippen molar-refractivity contribution in [1.29, 1.82) is 0 Å². The number of aromatic hydroxyl groups is 1. The van der Waals surface area contributed by atoms with E-state index in [4.69, 9.17) is 16.6 Å². The molecule has 13 heavy (non-hydrogen) atoms. The third-order valence-electron chi connectivity index (χ3n) is 1.62. The van der Waals surface area contributed by atoms with E-state index in [0.717, 1.165) is 12.1 Å². The molecule has 69 valence electrons. The van der Waals surface area contributed by atoms with Gasteiger partial charge in [0.1, 0.15) is 5.75 Å². The zero-order valence-electron chi connectivity index (χ0n) is 6.62. The van der Waals surface area contributed by atoms with E-state index >= 15 is 0 Å². The number of carbonyl (C=O) groups is 1. The summed E-state index contributed by atoms with van der Waals surface area (Å²) >= 11 is 0. The summed E-state index contributed by atoms with van der Waals surface area (Å²) in [4.78, 5) is 10.5. The van der Waals surface area contributed by atoms with Crippen molar-refractivity contribution in [2.75, 3.05) is 0 Å². The Morgan fingerprint density at radius 2 is 1.92 bits per heavy atom. The molecular weight excluding hydrogens is 175 g/mol. The highest BCUT2D eigenvalue weighted by Crippen LogP contribution is 2.21. The third-order valence-corrected chi connectivity index (χ3v) is 1.62. The van der Waals surface area contributed by atoms with E-state index in [9.17, 15) is 9.18 Å². The summed E-state index contributed by atoms with van der Waals surface area (Å²) in [5.41, 5.74) is 11.4. The van der Waals surface area contributed by atoms with Gasteiger partial charge in [0.15, 0.2) is 0 Å². The Labute approximate surface area is 74.0 Å². The average molecular weight is 183 g/mol. The van der Waals surface area contributed by atoms with Crippen LogP contribution >= 0.6 is 0 Å². The summed E-state index contributed by atoms with van der Waals surface area (Å²) in [6.07, 6.45) is 0. The molecule has 1 amide bonds. The molecule has 0 aromatic heterocycles. The number of amides is 1. The first-order valence-corrected chi connectivity index (χ1v) is 3.48. The summed E-state index contributed by atoms with van der Waals surface area (Å²) in [5.74, 6) is -4.37. The van der Waals surface area contributed by atoms with Gasteiger partial charge in [0.05, 0.1) is 0 Å². The summed E-state index contributed by atoms with van der Waals surface area (Å²) in [6.45, 7) is 0. The summed E-state index contributed by atoms with van der Waals surface area (Å²) < 4.78 is 13.2. The quantitative estimate of drug-likeness (QED) is 0.645. The Kier molecular flexibility index (Phi) is 2.20. The number of hydrogen-bond acceptors (Lipinski definition) is 3. The van der Waals surface area contributed by atoms with Crippen molar-refractivity contribution in [3.63, 3.8) is 0 Å². The molecule has 0 saturated carbocycles. The van der Waals surface area contributed by atoms with Crippen LogP contribution in [0.15, 0.2) is 24.3 Å². The molecule has 0 spiro atoms. The molecule has 0 fully saturated rings. The van der Waals surface area contributed by atoms with Crippen molar-refractivity contribution in [3.05, 3.63) is 29.8 Å². The van der Waals surface area contributed by atoms with E-state index in [-0.39, 0.29) is 11.3 Å². The van der Waals surface area contributed by atoms with Gasteiger partial charge in [0.2, 0.25) is 0 Å². The van der Waals surface area contributed by atoms with E-state index in [1.54, 1.807) is 0 Å². The Morgan fingerprint density at radius 1 is 1.46 bits per heavy atom. The van der Waals surface area contributed by atoms with E-state index in [2.05, 4.69) is 0 Å². The second kappa shape index (κ2) is 3.02. The van der Waals surface area contributed by atoms with Gasteiger partial charge in [-0.05, 0) is 12.1 Å². The van der Waals surface area contributed by atoms with Gasteiger partial charge in [-0.3, -0.25) is 16.3 Å². The Morgan fingerprint density at radius 3 is 2.31 bits per heavy atom. The predicted molar refractivity (Wildman–Crippen MR) is 43.2 cm³/mol. The molecule has 1 unspecified atom stereocenters. The van der Waals surface area contributed by atoms with Crippen LogP contribution < -0.4 is 11.5 Å². The number of nitrogens with one attached hydrogen (secondary N) is 1. The number of halogens is 1. The van der Waals surface area contributed by atoms with Crippen LogP contribution in [-0.2, 0) is 10.6 Å². The first-order chi connectivity index (χ1) is 5.94. The Balaban J connectivity index is 3.08. The Bertz CT molecular complexity index is 321. The summed E-state index contributed by atoms with van der Waals surface area (Å²) in [7, 11) is 0. The second-order valence-corrected chi connectivity index (χ2v) is 2.59. The molecule has 1 rings (SSSR count). The molecule has 0 bridgehead atoms. The number of rotatable bonds is 2. The minimum Gasteiger partial charge on any atom is -0.508 e. The van der Waals surface area contributed by atoms with Crippen LogP contribution in [-0.4, -0.2) is 11.0 Å². The summed E-state index contributed by atoms with van der Waals surface area (Å²) in [5, 5.41) is 8.87. The molecule has 4 N–H and O–H groups in total. The number of hydrogen-bond donors (Lipinski definition) is 2. The van der Waals surface area contributed by atoms with Crippen LogP contribution in [0.4, 0.5) is 4.39 Å². The molecular formula is C8H8FN2O2. The molecule has 0 saturated heterocycles. The largest absolute Gasteiger partial charge is 0.508 e. The lowest BCUT2D eigenvalue weighted by Gasteiger charge is -2.15. The van der Waals surface area contributed by atoms with Gasteiger partial charge in [-0.15, -0.1) is 0 Å². The molecule has 4 nitrogen and oxygen atoms in total. The fourth-order valence-corrected chi connectivity index (χ4v) is 0.835. The maximum Gasteiger partial charge on any atom is 0.295 e. The maximum atomic E-state index is 13.2. The van der Waals surface area contributed by atoms with E-state index in [1.165, 1.54) is 12.1 Å². The number of phenolic OH excluding ortho intramolecular Hbond substituents is 1. The fourth-order valence-electron chi connectivity index (χ4n) is 0.835. The zero-order valence-corrected chi connectivity index (χ0v) is 6.62. The molecule has 1 radical (unpaired) electrons. The van der Waals surface area contributed by atoms with Gasteiger partial charge in [-0.25, -0.2) is 4.39 Å². The van der Waals surface area contributed by atoms with E-state index < -0.39 is 11.7 Å². The molecule has 0 aliphatic heterocycles. The normalized spacial score (nSPS) is 14.9. The monoisotopic (exact) mass is 183 g/mol. The van der Waals surface area contributed by atoms with Crippen molar-refractivity contribution in [1.82, 2.24) is 5.73 Å². The first-order valence-electron chi connectivity index (χ1n) is 3.48. The van der Waals surface area contributed by atoms with Crippen LogP contribution in [0.3, 0.4) is 0 Å². The van der Waals surface area contributed by atoms with E-state index in [0.29, 0.717) is 0 Å². The first kappa shape index (κ1) is 9.47. The van der Waals surface area contributed by atoms with Crippen LogP contribution in [0.2, 0.25) is 0 Å². The molecule has 0 aliphatic carbocycles. The highest BCUT2D eigenvalue weighted by Gasteiger charge is 2.34. The average Bonchev–Trinajstić information content (AvgIpc) is 2.04. The van der Waals surface area contributed by atoms with Crippen molar-refractivity contribution < 1.29 is 14.3 Å². The van der Waals surface area contributed by atoms with Gasteiger partial charge >= 0.3 is 0 Å². The molecule has 5 heteroatoms. The van der Waals surface area contributed by atoms with Crippen molar-refractivity contribution >= 4 is 5.91 Å². The SMILES string of the molecule is [NH]C(=O)C(N)(F)c1ccc(O)cc1.